The molecule has 0 saturated carbocycles. The zero-order valence-corrected chi connectivity index (χ0v) is 17.2. The van der Waals surface area contributed by atoms with Crippen LogP contribution in [0.1, 0.15) is 31.4 Å². The Morgan fingerprint density at radius 1 is 1.14 bits per heavy atom. The minimum absolute atomic E-state index is 0.0366. The molecule has 0 radical (unpaired) electrons. The number of methoxy groups -OCH3 is 1. The van der Waals surface area contributed by atoms with Gasteiger partial charge in [0.1, 0.15) is 11.9 Å². The standard InChI is InChI=1S/C23H28N2O4/c1-4-25(23(26)27-3)16-18-10-12-20(13-11-18)28-15-14-21-17(2)29-22(24-21)19-8-6-5-7-9-19/h5-13,17,21H,4,14-16H2,1-3H3. The summed E-state index contributed by atoms with van der Waals surface area (Å²) in [5, 5.41) is 0. The van der Waals surface area contributed by atoms with E-state index in [2.05, 4.69) is 0 Å². The van der Waals surface area contributed by atoms with Crippen molar-refractivity contribution in [3.63, 3.8) is 0 Å². The molecule has 2 aromatic rings. The summed E-state index contributed by atoms with van der Waals surface area (Å²) < 4.78 is 16.6. The van der Waals surface area contributed by atoms with Crippen LogP contribution in [0.2, 0.25) is 0 Å². The highest BCUT2D eigenvalue weighted by Crippen LogP contribution is 2.21. The first-order valence-electron chi connectivity index (χ1n) is 9.95. The van der Waals surface area contributed by atoms with Gasteiger partial charge in [0, 0.05) is 25.1 Å². The molecule has 0 bridgehead atoms. The van der Waals surface area contributed by atoms with Gasteiger partial charge in [-0.25, -0.2) is 9.79 Å². The lowest BCUT2D eigenvalue weighted by molar-refractivity contribution is 0.123. The van der Waals surface area contributed by atoms with E-state index in [1.165, 1.54) is 7.11 Å². The monoisotopic (exact) mass is 396 g/mol. The van der Waals surface area contributed by atoms with Gasteiger partial charge in [0.15, 0.2) is 0 Å². The first-order chi connectivity index (χ1) is 14.1. The lowest BCUT2D eigenvalue weighted by Crippen LogP contribution is -2.29. The van der Waals surface area contributed by atoms with Gasteiger partial charge in [0.25, 0.3) is 0 Å². The summed E-state index contributed by atoms with van der Waals surface area (Å²) in [4.78, 5) is 18.0. The van der Waals surface area contributed by atoms with E-state index in [-0.39, 0.29) is 18.2 Å². The quantitative estimate of drug-likeness (QED) is 0.668. The van der Waals surface area contributed by atoms with Gasteiger partial charge in [-0.15, -0.1) is 0 Å². The van der Waals surface area contributed by atoms with Crippen molar-refractivity contribution in [2.24, 2.45) is 4.99 Å². The number of benzene rings is 2. The molecule has 1 amide bonds. The molecule has 1 heterocycles. The molecule has 3 rings (SSSR count). The Morgan fingerprint density at radius 3 is 2.52 bits per heavy atom. The molecule has 1 aliphatic rings. The highest BCUT2D eigenvalue weighted by Gasteiger charge is 2.27. The summed E-state index contributed by atoms with van der Waals surface area (Å²) in [6.45, 7) is 5.63. The van der Waals surface area contributed by atoms with Crippen LogP contribution in [0, 0.1) is 0 Å². The third-order valence-corrected chi connectivity index (χ3v) is 4.94. The first kappa shape index (κ1) is 20.7. The summed E-state index contributed by atoms with van der Waals surface area (Å²) in [6, 6.07) is 17.8. The van der Waals surface area contributed by atoms with Crippen LogP contribution in [-0.4, -0.2) is 49.3 Å². The molecule has 2 atom stereocenters. The van der Waals surface area contributed by atoms with E-state index in [1.54, 1.807) is 4.90 Å². The summed E-state index contributed by atoms with van der Waals surface area (Å²) in [7, 11) is 1.39. The third-order valence-electron chi connectivity index (χ3n) is 4.94. The molecule has 0 saturated heterocycles. The van der Waals surface area contributed by atoms with Crippen LogP contribution in [0.25, 0.3) is 0 Å². The predicted octanol–water partition coefficient (Wildman–Crippen LogP) is 4.28. The molecule has 154 valence electrons. The van der Waals surface area contributed by atoms with E-state index in [9.17, 15) is 4.79 Å². The molecule has 0 fully saturated rings. The lowest BCUT2D eigenvalue weighted by Gasteiger charge is -2.19. The van der Waals surface area contributed by atoms with E-state index in [0.717, 1.165) is 23.3 Å². The molecule has 29 heavy (non-hydrogen) atoms. The molecule has 2 aromatic carbocycles. The van der Waals surface area contributed by atoms with Crippen molar-refractivity contribution >= 4 is 12.0 Å². The van der Waals surface area contributed by atoms with Crippen molar-refractivity contribution in [2.75, 3.05) is 20.3 Å². The summed E-state index contributed by atoms with van der Waals surface area (Å²) >= 11 is 0. The van der Waals surface area contributed by atoms with Crippen LogP contribution in [-0.2, 0) is 16.0 Å². The maximum Gasteiger partial charge on any atom is 0.409 e. The van der Waals surface area contributed by atoms with Crippen LogP contribution in [0.3, 0.4) is 0 Å². The van der Waals surface area contributed by atoms with Crippen molar-refractivity contribution in [1.82, 2.24) is 4.90 Å². The number of hydrogen-bond donors (Lipinski definition) is 0. The molecule has 0 aromatic heterocycles. The molecule has 2 unspecified atom stereocenters. The van der Waals surface area contributed by atoms with Crippen molar-refractivity contribution in [3.8, 4) is 5.75 Å². The minimum Gasteiger partial charge on any atom is -0.494 e. The SMILES string of the molecule is CCN(Cc1ccc(OCCC2N=C(c3ccccc3)OC2C)cc1)C(=O)OC. The number of ether oxygens (including phenoxy) is 3. The van der Waals surface area contributed by atoms with Gasteiger partial charge in [-0.05, 0) is 43.7 Å². The highest BCUT2D eigenvalue weighted by atomic mass is 16.5. The predicted molar refractivity (Wildman–Crippen MR) is 112 cm³/mol. The molecule has 0 aliphatic carbocycles. The van der Waals surface area contributed by atoms with Crippen LogP contribution in [0.4, 0.5) is 4.79 Å². The van der Waals surface area contributed by atoms with Crippen LogP contribution in [0.5, 0.6) is 5.75 Å². The Morgan fingerprint density at radius 2 is 1.86 bits per heavy atom. The van der Waals surface area contributed by atoms with Crippen molar-refractivity contribution in [3.05, 3.63) is 65.7 Å². The fraction of sp³-hybridized carbons (Fsp3) is 0.391. The van der Waals surface area contributed by atoms with Crippen LogP contribution in [0.15, 0.2) is 59.6 Å². The van der Waals surface area contributed by atoms with Gasteiger partial charge in [-0.1, -0.05) is 30.3 Å². The Balaban J connectivity index is 1.49. The van der Waals surface area contributed by atoms with E-state index < -0.39 is 0 Å². The molecular formula is C23H28N2O4. The lowest BCUT2D eigenvalue weighted by atomic mass is 10.1. The molecule has 1 aliphatic heterocycles. The van der Waals surface area contributed by atoms with E-state index in [0.29, 0.717) is 25.6 Å². The molecule has 6 heteroatoms. The Hall–Kier alpha value is -3.02. The van der Waals surface area contributed by atoms with E-state index in [4.69, 9.17) is 19.2 Å². The fourth-order valence-electron chi connectivity index (χ4n) is 3.21. The molecule has 0 spiro atoms. The second-order valence-corrected chi connectivity index (χ2v) is 6.96. The smallest absolute Gasteiger partial charge is 0.409 e. The average molecular weight is 396 g/mol. The summed E-state index contributed by atoms with van der Waals surface area (Å²) in [5.74, 6) is 1.51. The maximum atomic E-state index is 11.7. The number of rotatable bonds is 8. The number of amides is 1. The number of aliphatic imine (C=N–C) groups is 1. The zero-order valence-electron chi connectivity index (χ0n) is 17.2. The normalized spacial score (nSPS) is 18.0. The average Bonchev–Trinajstić information content (AvgIpc) is 3.13. The second-order valence-electron chi connectivity index (χ2n) is 6.96. The van der Waals surface area contributed by atoms with Gasteiger partial charge in [-0.2, -0.15) is 0 Å². The third kappa shape index (κ3) is 5.50. The van der Waals surface area contributed by atoms with Crippen molar-refractivity contribution in [1.29, 1.82) is 0 Å². The fourth-order valence-corrected chi connectivity index (χ4v) is 3.21. The topological polar surface area (TPSA) is 60.4 Å². The Kier molecular flexibility index (Phi) is 7.11. The van der Waals surface area contributed by atoms with Gasteiger partial charge in [0.2, 0.25) is 5.90 Å². The summed E-state index contributed by atoms with van der Waals surface area (Å²) in [6.07, 6.45) is 0.497. The van der Waals surface area contributed by atoms with Gasteiger partial charge < -0.3 is 19.1 Å². The van der Waals surface area contributed by atoms with Crippen LogP contribution < -0.4 is 4.74 Å². The number of carbonyl (C=O) groups excluding carboxylic acids is 1. The van der Waals surface area contributed by atoms with Crippen LogP contribution >= 0.6 is 0 Å². The molecule has 6 nitrogen and oxygen atoms in total. The van der Waals surface area contributed by atoms with Gasteiger partial charge in [0.05, 0.1) is 19.8 Å². The Bertz CT molecular complexity index is 821. The maximum absolute atomic E-state index is 11.7. The summed E-state index contributed by atoms with van der Waals surface area (Å²) in [5.41, 5.74) is 2.03. The number of nitrogens with zero attached hydrogens (tertiary/aromatic N) is 2. The molecular weight excluding hydrogens is 368 g/mol. The van der Waals surface area contributed by atoms with Crippen molar-refractivity contribution in [2.45, 2.75) is 39.0 Å². The largest absolute Gasteiger partial charge is 0.494 e. The van der Waals surface area contributed by atoms with Crippen molar-refractivity contribution < 1.29 is 19.0 Å². The van der Waals surface area contributed by atoms with Gasteiger partial charge >= 0.3 is 6.09 Å². The zero-order chi connectivity index (χ0) is 20.6. The second kappa shape index (κ2) is 9.96. The first-order valence-corrected chi connectivity index (χ1v) is 9.95. The van der Waals surface area contributed by atoms with Gasteiger partial charge in [-0.3, -0.25) is 0 Å². The number of carbonyl (C=O) groups is 1. The molecule has 0 N–H and O–H groups in total. The van der Waals surface area contributed by atoms with E-state index in [1.807, 2.05) is 68.4 Å². The Labute approximate surface area is 172 Å². The highest BCUT2D eigenvalue weighted by molar-refractivity contribution is 5.95. The number of hydrogen-bond acceptors (Lipinski definition) is 5. The minimum atomic E-state index is -0.323. The van der Waals surface area contributed by atoms with E-state index >= 15 is 0 Å².